The molecule has 1 atom stereocenters. The van der Waals surface area contributed by atoms with E-state index in [-0.39, 0.29) is 0 Å². The van der Waals surface area contributed by atoms with Gasteiger partial charge in [-0.25, -0.2) is 4.98 Å². The van der Waals surface area contributed by atoms with Gasteiger partial charge in [-0.2, -0.15) is 0 Å². The van der Waals surface area contributed by atoms with E-state index >= 15 is 0 Å². The van der Waals surface area contributed by atoms with E-state index in [9.17, 15) is 0 Å². The molecule has 1 aromatic rings. The van der Waals surface area contributed by atoms with Crippen molar-refractivity contribution < 1.29 is 4.74 Å². The number of rotatable bonds is 0. The molecule has 74 valence electrons. The summed E-state index contributed by atoms with van der Waals surface area (Å²) in [6.07, 6.45) is 4.37. The molecule has 1 saturated heterocycles. The van der Waals surface area contributed by atoms with Crippen LogP contribution in [0.2, 0.25) is 0 Å². The fourth-order valence-corrected chi connectivity index (χ4v) is 2.78. The lowest BCUT2D eigenvalue weighted by molar-refractivity contribution is 0.268. The van der Waals surface area contributed by atoms with Crippen LogP contribution >= 0.6 is 22.6 Å². The van der Waals surface area contributed by atoms with Crippen LogP contribution in [0.5, 0.6) is 5.75 Å². The average Bonchev–Trinajstić information content (AvgIpc) is 2.66. The second kappa shape index (κ2) is 3.25. The Kier molecular flexibility index (Phi) is 2.04. The van der Waals surface area contributed by atoms with Gasteiger partial charge >= 0.3 is 0 Å². The lowest BCUT2D eigenvalue weighted by atomic mass is 10.2. The number of aromatic nitrogens is 1. The maximum absolute atomic E-state index is 5.76. The number of nitrogens with zero attached hydrogens (tertiary/aromatic N) is 2. The highest BCUT2D eigenvalue weighted by atomic mass is 127. The lowest BCUT2D eigenvalue weighted by Gasteiger charge is -2.32. The molecule has 3 heterocycles. The third-order valence-corrected chi connectivity index (χ3v) is 3.76. The van der Waals surface area contributed by atoms with Crippen molar-refractivity contribution in [1.82, 2.24) is 4.98 Å². The molecule has 0 bridgehead atoms. The van der Waals surface area contributed by atoms with Crippen LogP contribution in [0.15, 0.2) is 12.3 Å². The zero-order valence-electron chi connectivity index (χ0n) is 7.74. The number of fused-ring (bicyclic) bond motifs is 3. The van der Waals surface area contributed by atoms with Gasteiger partial charge in [0.2, 0.25) is 0 Å². The van der Waals surface area contributed by atoms with Crippen molar-refractivity contribution in [2.45, 2.75) is 18.9 Å². The van der Waals surface area contributed by atoms with Crippen LogP contribution in [0.1, 0.15) is 12.8 Å². The molecule has 2 aliphatic rings. The standard InChI is InChI=1S/C10H11IN2O/c11-8-3-4-12-10-9(8)14-6-7-2-1-5-13(7)10/h3-4,7H,1-2,5-6H2/t7-/m0/s1. The number of pyridine rings is 1. The van der Waals surface area contributed by atoms with E-state index in [2.05, 4.69) is 32.5 Å². The van der Waals surface area contributed by atoms with Crippen molar-refractivity contribution in [3.63, 3.8) is 0 Å². The van der Waals surface area contributed by atoms with Crippen LogP contribution in [0.3, 0.4) is 0 Å². The summed E-state index contributed by atoms with van der Waals surface area (Å²) in [7, 11) is 0. The number of hydrogen-bond donors (Lipinski definition) is 0. The minimum absolute atomic E-state index is 0.563. The average molecular weight is 302 g/mol. The highest BCUT2D eigenvalue weighted by molar-refractivity contribution is 14.1. The Labute approximate surface area is 96.6 Å². The Morgan fingerprint density at radius 1 is 1.57 bits per heavy atom. The van der Waals surface area contributed by atoms with E-state index in [1.807, 2.05) is 12.3 Å². The molecule has 3 rings (SSSR count). The van der Waals surface area contributed by atoms with Gasteiger partial charge in [-0.15, -0.1) is 0 Å². The minimum Gasteiger partial charge on any atom is -0.486 e. The third-order valence-electron chi connectivity index (χ3n) is 2.91. The van der Waals surface area contributed by atoms with Gasteiger partial charge in [-0.3, -0.25) is 0 Å². The molecule has 0 amide bonds. The molecule has 2 aliphatic heterocycles. The highest BCUT2D eigenvalue weighted by Crippen LogP contribution is 2.38. The summed E-state index contributed by atoms with van der Waals surface area (Å²) in [5.41, 5.74) is 0. The number of anilines is 1. The molecular formula is C10H11IN2O. The van der Waals surface area contributed by atoms with Gasteiger partial charge in [-0.1, -0.05) is 0 Å². The summed E-state index contributed by atoms with van der Waals surface area (Å²) in [4.78, 5) is 6.81. The van der Waals surface area contributed by atoms with Crippen molar-refractivity contribution in [2.24, 2.45) is 0 Å². The van der Waals surface area contributed by atoms with Crippen molar-refractivity contribution >= 4 is 28.4 Å². The predicted octanol–water partition coefficient (Wildman–Crippen LogP) is 2.05. The van der Waals surface area contributed by atoms with E-state index < -0.39 is 0 Å². The first-order valence-electron chi connectivity index (χ1n) is 4.90. The maximum Gasteiger partial charge on any atom is 0.175 e. The highest BCUT2D eigenvalue weighted by Gasteiger charge is 2.33. The number of ether oxygens (including phenoxy) is 1. The Hall–Kier alpha value is -0.520. The van der Waals surface area contributed by atoms with Crippen molar-refractivity contribution in [3.8, 4) is 5.75 Å². The smallest absolute Gasteiger partial charge is 0.175 e. The zero-order chi connectivity index (χ0) is 9.54. The summed E-state index contributed by atoms with van der Waals surface area (Å²) in [6, 6.07) is 2.56. The Morgan fingerprint density at radius 3 is 3.43 bits per heavy atom. The van der Waals surface area contributed by atoms with Gasteiger partial charge in [0.1, 0.15) is 6.61 Å². The van der Waals surface area contributed by atoms with Crippen LogP contribution in [0.25, 0.3) is 0 Å². The normalized spacial score (nSPS) is 24.1. The molecular weight excluding hydrogens is 291 g/mol. The largest absolute Gasteiger partial charge is 0.486 e. The van der Waals surface area contributed by atoms with Crippen LogP contribution in [0.4, 0.5) is 5.82 Å². The summed E-state index contributed by atoms with van der Waals surface area (Å²) in [6.45, 7) is 1.96. The minimum atomic E-state index is 0.563. The first kappa shape index (κ1) is 8.76. The SMILES string of the molecule is Ic1ccnc2c1OC[C@@H]1CCCN21. The molecule has 3 nitrogen and oxygen atoms in total. The van der Waals surface area contributed by atoms with Crippen LogP contribution in [-0.4, -0.2) is 24.2 Å². The van der Waals surface area contributed by atoms with Gasteiger partial charge in [0.25, 0.3) is 0 Å². The first-order valence-corrected chi connectivity index (χ1v) is 5.98. The molecule has 0 aromatic carbocycles. The van der Waals surface area contributed by atoms with E-state index in [0.29, 0.717) is 6.04 Å². The molecule has 0 aliphatic carbocycles. The fourth-order valence-electron chi connectivity index (χ4n) is 2.22. The first-order chi connectivity index (χ1) is 6.86. The molecule has 0 N–H and O–H groups in total. The van der Waals surface area contributed by atoms with Gasteiger partial charge < -0.3 is 9.64 Å². The van der Waals surface area contributed by atoms with E-state index in [0.717, 1.165) is 28.3 Å². The van der Waals surface area contributed by atoms with Gasteiger partial charge in [0.05, 0.1) is 9.61 Å². The topological polar surface area (TPSA) is 25.4 Å². The van der Waals surface area contributed by atoms with Gasteiger partial charge in [-0.05, 0) is 41.5 Å². The summed E-state index contributed by atoms with van der Waals surface area (Å²) < 4.78 is 6.92. The summed E-state index contributed by atoms with van der Waals surface area (Å²) in [5, 5.41) is 0. The zero-order valence-corrected chi connectivity index (χ0v) is 9.90. The monoisotopic (exact) mass is 302 g/mol. The maximum atomic E-state index is 5.76. The third kappa shape index (κ3) is 1.20. The predicted molar refractivity (Wildman–Crippen MR) is 62.8 cm³/mol. The van der Waals surface area contributed by atoms with Crippen molar-refractivity contribution in [2.75, 3.05) is 18.1 Å². The Morgan fingerprint density at radius 2 is 2.50 bits per heavy atom. The fraction of sp³-hybridized carbons (Fsp3) is 0.500. The van der Waals surface area contributed by atoms with Crippen LogP contribution in [0, 0.1) is 3.57 Å². The lowest BCUT2D eigenvalue weighted by Crippen LogP contribution is -2.38. The van der Waals surface area contributed by atoms with E-state index in [1.165, 1.54) is 12.8 Å². The van der Waals surface area contributed by atoms with Gasteiger partial charge in [0.15, 0.2) is 11.6 Å². The molecule has 4 heteroatoms. The van der Waals surface area contributed by atoms with Crippen LogP contribution in [-0.2, 0) is 0 Å². The molecule has 0 unspecified atom stereocenters. The van der Waals surface area contributed by atoms with Crippen molar-refractivity contribution in [3.05, 3.63) is 15.8 Å². The molecule has 14 heavy (non-hydrogen) atoms. The summed E-state index contributed by atoms with van der Waals surface area (Å²) >= 11 is 2.31. The summed E-state index contributed by atoms with van der Waals surface area (Å²) in [5.74, 6) is 2.02. The molecule has 1 fully saturated rings. The molecule has 1 aromatic heterocycles. The van der Waals surface area contributed by atoms with Crippen LogP contribution < -0.4 is 9.64 Å². The Bertz CT molecular complexity index is 369. The second-order valence-corrected chi connectivity index (χ2v) is 4.91. The van der Waals surface area contributed by atoms with Gasteiger partial charge in [0, 0.05) is 12.7 Å². The quantitative estimate of drug-likeness (QED) is 0.686. The van der Waals surface area contributed by atoms with E-state index in [4.69, 9.17) is 4.74 Å². The second-order valence-electron chi connectivity index (χ2n) is 3.75. The van der Waals surface area contributed by atoms with E-state index in [1.54, 1.807) is 0 Å². The van der Waals surface area contributed by atoms with Crippen molar-refractivity contribution in [1.29, 1.82) is 0 Å². The molecule has 0 radical (unpaired) electrons. The Balaban J connectivity index is 2.09. The number of halogens is 1. The molecule has 0 spiro atoms. The number of hydrogen-bond acceptors (Lipinski definition) is 3. The molecule has 0 saturated carbocycles.